The van der Waals surface area contributed by atoms with Gasteiger partial charge < -0.3 is 10.1 Å². The van der Waals surface area contributed by atoms with Gasteiger partial charge in [0.2, 0.25) is 0 Å². The molecule has 1 amide bonds. The fraction of sp³-hybridized carbons (Fsp3) is 0.227. The minimum Gasteiger partial charge on any atom is -0.481 e. The molecule has 0 bridgehead atoms. The Hall–Kier alpha value is -2.81. The number of aryl methyl sites for hydroxylation is 2. The lowest BCUT2D eigenvalue weighted by Gasteiger charge is -2.17. The van der Waals surface area contributed by atoms with E-state index in [1.807, 2.05) is 50.2 Å². The van der Waals surface area contributed by atoms with E-state index in [2.05, 4.69) is 29.6 Å². The average Bonchev–Trinajstić information content (AvgIpc) is 2.62. The summed E-state index contributed by atoms with van der Waals surface area (Å²) in [5.74, 6) is 0.641. The van der Waals surface area contributed by atoms with Crippen molar-refractivity contribution in [3.63, 3.8) is 0 Å². The van der Waals surface area contributed by atoms with Crippen LogP contribution in [0.3, 0.4) is 0 Å². The van der Waals surface area contributed by atoms with Crippen molar-refractivity contribution < 1.29 is 9.53 Å². The minimum absolute atomic E-state index is 0.117. The van der Waals surface area contributed by atoms with Crippen LogP contribution in [0, 0.1) is 13.8 Å². The van der Waals surface area contributed by atoms with Crippen molar-refractivity contribution in [3.05, 3.63) is 77.4 Å². The Morgan fingerprint density at radius 3 is 2.56 bits per heavy atom. The first kappa shape index (κ1) is 17.0. The van der Waals surface area contributed by atoms with Crippen LogP contribution in [0.2, 0.25) is 0 Å². The van der Waals surface area contributed by atoms with Crippen LogP contribution in [0.5, 0.6) is 5.75 Å². The molecule has 0 heterocycles. The molecule has 0 aliphatic heterocycles. The van der Waals surface area contributed by atoms with Crippen molar-refractivity contribution in [1.29, 1.82) is 0 Å². The first-order chi connectivity index (χ1) is 12.0. The van der Waals surface area contributed by atoms with Gasteiger partial charge in [0.25, 0.3) is 5.91 Å². The fourth-order valence-corrected chi connectivity index (χ4v) is 2.76. The summed E-state index contributed by atoms with van der Waals surface area (Å²) in [6, 6.07) is 20.4. The van der Waals surface area contributed by atoms with E-state index >= 15 is 0 Å². The molecule has 128 valence electrons. The second-order valence-electron chi connectivity index (χ2n) is 6.43. The molecule has 0 radical (unpaired) electrons. The lowest BCUT2D eigenvalue weighted by molar-refractivity contribution is -0.127. The molecule has 3 aromatic carbocycles. The minimum atomic E-state index is -0.541. The first-order valence-electron chi connectivity index (χ1n) is 8.52. The van der Waals surface area contributed by atoms with Crippen LogP contribution in [-0.2, 0) is 11.3 Å². The van der Waals surface area contributed by atoms with Gasteiger partial charge in [-0.1, -0.05) is 48.5 Å². The van der Waals surface area contributed by atoms with Crippen LogP contribution in [0.15, 0.2) is 60.7 Å². The van der Waals surface area contributed by atoms with Crippen molar-refractivity contribution in [3.8, 4) is 5.75 Å². The van der Waals surface area contributed by atoms with Crippen molar-refractivity contribution in [1.82, 2.24) is 5.32 Å². The number of ether oxygens (including phenoxy) is 1. The molecule has 3 rings (SSSR count). The summed E-state index contributed by atoms with van der Waals surface area (Å²) < 4.78 is 5.83. The van der Waals surface area contributed by atoms with Gasteiger partial charge >= 0.3 is 0 Å². The zero-order valence-electron chi connectivity index (χ0n) is 14.9. The van der Waals surface area contributed by atoms with Crippen LogP contribution in [-0.4, -0.2) is 12.0 Å². The molecule has 0 aliphatic carbocycles. The maximum Gasteiger partial charge on any atom is 0.261 e. The zero-order valence-corrected chi connectivity index (χ0v) is 14.9. The molecule has 0 aliphatic rings. The molecule has 0 fully saturated rings. The van der Waals surface area contributed by atoms with Gasteiger partial charge in [-0.3, -0.25) is 4.79 Å². The number of benzene rings is 3. The van der Waals surface area contributed by atoms with Crippen molar-refractivity contribution in [2.24, 2.45) is 0 Å². The topological polar surface area (TPSA) is 38.3 Å². The molecule has 25 heavy (non-hydrogen) atoms. The largest absolute Gasteiger partial charge is 0.481 e. The van der Waals surface area contributed by atoms with Crippen LogP contribution < -0.4 is 10.1 Å². The maximum absolute atomic E-state index is 12.3. The van der Waals surface area contributed by atoms with Crippen LogP contribution in [0.25, 0.3) is 10.8 Å². The van der Waals surface area contributed by atoms with E-state index in [0.717, 1.165) is 22.4 Å². The maximum atomic E-state index is 12.3. The number of nitrogens with one attached hydrogen (secondary N) is 1. The number of carbonyl (C=O) groups excluding carboxylic acids is 1. The molecular weight excluding hydrogens is 310 g/mol. The number of carbonyl (C=O) groups is 1. The second kappa shape index (κ2) is 7.39. The summed E-state index contributed by atoms with van der Waals surface area (Å²) >= 11 is 0. The molecule has 3 aromatic rings. The molecule has 1 N–H and O–H groups in total. The van der Waals surface area contributed by atoms with Crippen molar-refractivity contribution in [2.45, 2.75) is 33.4 Å². The van der Waals surface area contributed by atoms with Crippen LogP contribution in [0.1, 0.15) is 23.6 Å². The Balaban J connectivity index is 1.61. The Morgan fingerprint density at radius 1 is 1.00 bits per heavy atom. The van der Waals surface area contributed by atoms with Crippen molar-refractivity contribution >= 4 is 16.7 Å². The van der Waals surface area contributed by atoms with Crippen LogP contribution in [0.4, 0.5) is 0 Å². The van der Waals surface area contributed by atoms with Gasteiger partial charge in [-0.15, -0.1) is 0 Å². The molecular formula is C22H23NO2. The summed E-state index contributed by atoms with van der Waals surface area (Å²) in [5, 5.41) is 5.33. The molecule has 1 atom stereocenters. The molecule has 0 aromatic heterocycles. The first-order valence-corrected chi connectivity index (χ1v) is 8.52. The van der Waals surface area contributed by atoms with Crippen LogP contribution >= 0.6 is 0 Å². The fourth-order valence-electron chi connectivity index (χ4n) is 2.76. The predicted molar refractivity (Wildman–Crippen MR) is 102 cm³/mol. The zero-order chi connectivity index (χ0) is 17.8. The second-order valence-corrected chi connectivity index (χ2v) is 6.43. The standard InChI is InChI=1S/C22H23NO2/c1-15-8-9-16(2)21(12-15)25-17(3)22(24)23-14-18-10-11-19-6-4-5-7-20(19)13-18/h4-13,17H,14H2,1-3H3,(H,23,24). The number of amides is 1. The molecule has 0 saturated carbocycles. The average molecular weight is 333 g/mol. The van der Waals surface area contributed by atoms with Gasteiger partial charge in [-0.2, -0.15) is 0 Å². The van der Waals surface area contributed by atoms with E-state index < -0.39 is 6.10 Å². The Kier molecular flexibility index (Phi) is 5.03. The third-order valence-corrected chi connectivity index (χ3v) is 4.30. The normalized spacial score (nSPS) is 12.0. The SMILES string of the molecule is Cc1ccc(C)c(OC(C)C(=O)NCc2ccc3ccccc3c2)c1. The lowest BCUT2D eigenvalue weighted by atomic mass is 10.1. The third kappa shape index (κ3) is 4.18. The Labute approximate surface area is 148 Å². The quantitative estimate of drug-likeness (QED) is 0.744. The smallest absolute Gasteiger partial charge is 0.261 e. The van der Waals surface area contributed by atoms with Gasteiger partial charge in [0.15, 0.2) is 6.10 Å². The predicted octanol–water partition coefficient (Wildman–Crippen LogP) is 4.54. The third-order valence-electron chi connectivity index (χ3n) is 4.30. The van der Waals surface area contributed by atoms with E-state index in [1.165, 1.54) is 10.8 Å². The summed E-state index contributed by atoms with van der Waals surface area (Å²) in [4.78, 5) is 12.3. The van der Waals surface area contributed by atoms with Gasteiger partial charge in [-0.05, 0) is 60.4 Å². The van der Waals surface area contributed by atoms with E-state index in [9.17, 15) is 4.79 Å². The van der Waals surface area contributed by atoms with Crippen molar-refractivity contribution in [2.75, 3.05) is 0 Å². The molecule has 3 heteroatoms. The van der Waals surface area contributed by atoms with E-state index in [1.54, 1.807) is 6.92 Å². The monoisotopic (exact) mass is 333 g/mol. The number of hydrogen-bond donors (Lipinski definition) is 1. The Morgan fingerprint density at radius 2 is 1.76 bits per heavy atom. The van der Waals surface area contributed by atoms with E-state index in [-0.39, 0.29) is 5.91 Å². The van der Waals surface area contributed by atoms with E-state index in [0.29, 0.717) is 6.54 Å². The molecule has 0 saturated heterocycles. The highest BCUT2D eigenvalue weighted by Gasteiger charge is 2.15. The highest BCUT2D eigenvalue weighted by molar-refractivity contribution is 5.83. The summed E-state index contributed by atoms with van der Waals surface area (Å²) in [6.07, 6.45) is -0.541. The highest BCUT2D eigenvalue weighted by Crippen LogP contribution is 2.20. The van der Waals surface area contributed by atoms with Gasteiger partial charge in [0.05, 0.1) is 0 Å². The van der Waals surface area contributed by atoms with Gasteiger partial charge in [0.1, 0.15) is 5.75 Å². The number of fused-ring (bicyclic) bond motifs is 1. The Bertz CT molecular complexity index is 901. The lowest BCUT2D eigenvalue weighted by Crippen LogP contribution is -2.36. The van der Waals surface area contributed by atoms with E-state index in [4.69, 9.17) is 4.74 Å². The number of rotatable bonds is 5. The van der Waals surface area contributed by atoms with Gasteiger partial charge in [-0.25, -0.2) is 0 Å². The highest BCUT2D eigenvalue weighted by atomic mass is 16.5. The molecule has 1 unspecified atom stereocenters. The van der Waals surface area contributed by atoms with Gasteiger partial charge in [0, 0.05) is 6.54 Å². The summed E-state index contributed by atoms with van der Waals surface area (Å²) in [5.41, 5.74) is 3.22. The molecule has 0 spiro atoms. The number of hydrogen-bond acceptors (Lipinski definition) is 2. The summed E-state index contributed by atoms with van der Waals surface area (Å²) in [7, 11) is 0. The molecule has 3 nitrogen and oxygen atoms in total. The summed E-state index contributed by atoms with van der Waals surface area (Å²) in [6.45, 7) is 6.26.